The molecule has 2 aromatic rings. The van der Waals surface area contributed by atoms with Crippen molar-refractivity contribution in [2.45, 2.75) is 26.4 Å². The lowest BCUT2D eigenvalue weighted by Gasteiger charge is -2.14. The van der Waals surface area contributed by atoms with E-state index < -0.39 is 0 Å². The average Bonchev–Trinajstić information content (AvgIpc) is 2.82. The Bertz CT molecular complexity index is 489. The Hall–Kier alpha value is -1.32. The highest BCUT2D eigenvalue weighted by Crippen LogP contribution is 2.19. The summed E-state index contributed by atoms with van der Waals surface area (Å²) in [5, 5.41) is 3.54. The molecule has 0 aliphatic carbocycles. The number of methoxy groups -OCH3 is 1. The Morgan fingerprint density at radius 2 is 1.89 bits per heavy atom. The minimum atomic E-state index is 0.346. The normalized spacial score (nSPS) is 12.4. The zero-order valence-electron chi connectivity index (χ0n) is 11.1. The second-order valence-electron chi connectivity index (χ2n) is 4.39. The zero-order valence-corrected chi connectivity index (χ0v) is 11.9. The molecule has 0 fully saturated rings. The monoisotopic (exact) mass is 261 g/mol. The van der Waals surface area contributed by atoms with Crippen LogP contribution >= 0.6 is 11.3 Å². The molecule has 0 saturated carbocycles. The first-order valence-electron chi connectivity index (χ1n) is 6.11. The van der Waals surface area contributed by atoms with Crippen LogP contribution in [0.2, 0.25) is 0 Å². The maximum absolute atomic E-state index is 5.16. The van der Waals surface area contributed by atoms with E-state index in [0.29, 0.717) is 6.04 Å². The van der Waals surface area contributed by atoms with Gasteiger partial charge in [-0.25, -0.2) is 0 Å². The van der Waals surface area contributed by atoms with Gasteiger partial charge in [-0.15, -0.1) is 11.3 Å². The highest BCUT2D eigenvalue weighted by molar-refractivity contribution is 7.11. The van der Waals surface area contributed by atoms with Gasteiger partial charge in [0.1, 0.15) is 5.75 Å². The fourth-order valence-corrected chi connectivity index (χ4v) is 2.69. The SMILES string of the molecule is COc1ccc([C@@H](C)NCc2ccc(C)s2)cc1. The predicted molar refractivity (Wildman–Crippen MR) is 77.3 cm³/mol. The molecule has 0 radical (unpaired) electrons. The van der Waals surface area contributed by atoms with Gasteiger partial charge < -0.3 is 10.1 Å². The van der Waals surface area contributed by atoms with Gasteiger partial charge in [-0.1, -0.05) is 12.1 Å². The van der Waals surface area contributed by atoms with E-state index in [2.05, 4.69) is 43.4 Å². The van der Waals surface area contributed by atoms with Crippen molar-refractivity contribution in [1.82, 2.24) is 5.32 Å². The van der Waals surface area contributed by atoms with Crippen LogP contribution in [-0.4, -0.2) is 7.11 Å². The Morgan fingerprint density at radius 1 is 1.17 bits per heavy atom. The van der Waals surface area contributed by atoms with Crippen LogP contribution in [0.15, 0.2) is 36.4 Å². The molecule has 0 aliphatic heterocycles. The van der Waals surface area contributed by atoms with Gasteiger partial charge in [0.15, 0.2) is 0 Å². The summed E-state index contributed by atoms with van der Waals surface area (Å²) < 4.78 is 5.16. The summed E-state index contributed by atoms with van der Waals surface area (Å²) in [4.78, 5) is 2.75. The van der Waals surface area contributed by atoms with E-state index in [0.717, 1.165) is 12.3 Å². The summed E-state index contributed by atoms with van der Waals surface area (Å²) in [5.74, 6) is 0.903. The molecule has 1 atom stereocenters. The molecule has 1 heterocycles. The summed E-state index contributed by atoms with van der Waals surface area (Å²) in [7, 11) is 1.69. The van der Waals surface area contributed by atoms with Crippen molar-refractivity contribution in [2.24, 2.45) is 0 Å². The molecule has 0 bridgehead atoms. The van der Waals surface area contributed by atoms with Crippen LogP contribution in [0.3, 0.4) is 0 Å². The van der Waals surface area contributed by atoms with E-state index in [9.17, 15) is 0 Å². The topological polar surface area (TPSA) is 21.3 Å². The minimum absolute atomic E-state index is 0.346. The number of thiophene rings is 1. The summed E-state index contributed by atoms with van der Waals surface area (Å²) in [6.07, 6.45) is 0. The van der Waals surface area contributed by atoms with Gasteiger partial charge in [0.05, 0.1) is 7.11 Å². The first-order chi connectivity index (χ1) is 8.69. The van der Waals surface area contributed by atoms with Crippen LogP contribution in [0.25, 0.3) is 0 Å². The summed E-state index contributed by atoms with van der Waals surface area (Å²) >= 11 is 1.85. The number of benzene rings is 1. The highest BCUT2D eigenvalue weighted by Gasteiger charge is 2.05. The molecule has 0 saturated heterocycles. The van der Waals surface area contributed by atoms with Gasteiger partial charge in [0, 0.05) is 22.3 Å². The van der Waals surface area contributed by atoms with Gasteiger partial charge in [0.25, 0.3) is 0 Å². The van der Waals surface area contributed by atoms with Crippen molar-refractivity contribution in [1.29, 1.82) is 0 Å². The van der Waals surface area contributed by atoms with E-state index in [-0.39, 0.29) is 0 Å². The highest BCUT2D eigenvalue weighted by atomic mass is 32.1. The Labute approximate surface area is 113 Å². The van der Waals surface area contributed by atoms with Crippen LogP contribution in [0.5, 0.6) is 5.75 Å². The maximum atomic E-state index is 5.16. The molecule has 18 heavy (non-hydrogen) atoms. The van der Waals surface area contributed by atoms with Crippen molar-refractivity contribution in [3.8, 4) is 5.75 Å². The van der Waals surface area contributed by atoms with Gasteiger partial charge in [0.2, 0.25) is 0 Å². The summed E-state index contributed by atoms with van der Waals surface area (Å²) in [6, 6.07) is 12.9. The Morgan fingerprint density at radius 3 is 2.44 bits per heavy atom. The summed E-state index contributed by atoms with van der Waals surface area (Å²) in [5.41, 5.74) is 1.28. The first-order valence-corrected chi connectivity index (χ1v) is 6.93. The molecule has 2 nitrogen and oxygen atoms in total. The van der Waals surface area contributed by atoms with E-state index in [4.69, 9.17) is 4.74 Å². The molecule has 1 N–H and O–H groups in total. The molecule has 0 amide bonds. The molecule has 1 aromatic heterocycles. The van der Waals surface area contributed by atoms with Gasteiger partial charge in [-0.2, -0.15) is 0 Å². The molecule has 2 rings (SSSR count). The maximum Gasteiger partial charge on any atom is 0.118 e. The second-order valence-corrected chi connectivity index (χ2v) is 5.76. The van der Waals surface area contributed by atoms with Crippen molar-refractivity contribution in [2.75, 3.05) is 7.11 Å². The smallest absolute Gasteiger partial charge is 0.118 e. The second kappa shape index (κ2) is 6.03. The van der Waals surface area contributed by atoms with Crippen LogP contribution in [0.4, 0.5) is 0 Å². The van der Waals surface area contributed by atoms with Gasteiger partial charge in [-0.05, 0) is 43.7 Å². The number of hydrogen-bond donors (Lipinski definition) is 1. The molecule has 0 aliphatic rings. The van der Waals surface area contributed by atoms with E-state index >= 15 is 0 Å². The molecule has 0 unspecified atom stereocenters. The minimum Gasteiger partial charge on any atom is -0.497 e. The zero-order chi connectivity index (χ0) is 13.0. The van der Waals surface area contributed by atoms with Crippen LogP contribution in [0, 0.1) is 6.92 Å². The molecular weight excluding hydrogens is 242 g/mol. The number of nitrogens with one attached hydrogen (secondary N) is 1. The van der Waals surface area contributed by atoms with Gasteiger partial charge in [-0.3, -0.25) is 0 Å². The third-order valence-electron chi connectivity index (χ3n) is 2.99. The third kappa shape index (κ3) is 3.34. The fraction of sp³-hybridized carbons (Fsp3) is 0.333. The molecule has 1 aromatic carbocycles. The quantitative estimate of drug-likeness (QED) is 0.881. The van der Waals surface area contributed by atoms with E-state index in [1.165, 1.54) is 15.3 Å². The van der Waals surface area contributed by atoms with Crippen LogP contribution in [0.1, 0.15) is 28.3 Å². The lowest BCUT2D eigenvalue weighted by Crippen LogP contribution is -2.17. The number of hydrogen-bond acceptors (Lipinski definition) is 3. The van der Waals surface area contributed by atoms with Crippen molar-refractivity contribution >= 4 is 11.3 Å². The third-order valence-corrected chi connectivity index (χ3v) is 3.99. The molecule has 96 valence electrons. The van der Waals surface area contributed by atoms with E-state index in [1.807, 2.05) is 23.5 Å². The number of aryl methyl sites for hydroxylation is 1. The standard InChI is InChI=1S/C15H19NOS/c1-11-4-9-15(18-11)10-16-12(2)13-5-7-14(17-3)8-6-13/h4-9,12,16H,10H2,1-3H3/t12-/m1/s1. The van der Waals surface area contributed by atoms with Crippen LogP contribution < -0.4 is 10.1 Å². The largest absolute Gasteiger partial charge is 0.497 e. The summed E-state index contributed by atoms with van der Waals surface area (Å²) in [6.45, 7) is 5.25. The lowest BCUT2D eigenvalue weighted by molar-refractivity contribution is 0.414. The Kier molecular flexibility index (Phi) is 4.39. The first kappa shape index (κ1) is 13.1. The lowest BCUT2D eigenvalue weighted by atomic mass is 10.1. The molecule has 3 heteroatoms. The average molecular weight is 261 g/mol. The number of ether oxygens (including phenoxy) is 1. The predicted octanol–water partition coefficient (Wildman–Crippen LogP) is 3.92. The van der Waals surface area contributed by atoms with Crippen molar-refractivity contribution < 1.29 is 4.74 Å². The van der Waals surface area contributed by atoms with Crippen LogP contribution in [-0.2, 0) is 6.54 Å². The number of rotatable bonds is 5. The molecular formula is C15H19NOS. The van der Waals surface area contributed by atoms with E-state index in [1.54, 1.807) is 7.11 Å². The Balaban J connectivity index is 1.92. The van der Waals surface area contributed by atoms with Crippen molar-refractivity contribution in [3.05, 3.63) is 51.7 Å². The van der Waals surface area contributed by atoms with Crippen molar-refractivity contribution in [3.63, 3.8) is 0 Å². The molecule has 0 spiro atoms. The fourth-order valence-electron chi connectivity index (χ4n) is 1.84. The van der Waals surface area contributed by atoms with Gasteiger partial charge >= 0.3 is 0 Å².